The zero-order valence-corrected chi connectivity index (χ0v) is 22.6. The van der Waals surface area contributed by atoms with Crippen LogP contribution in [0.2, 0.25) is 0 Å². The molecule has 1 aliphatic rings. The molecule has 37 heavy (non-hydrogen) atoms. The van der Waals surface area contributed by atoms with Crippen LogP contribution in [0.1, 0.15) is 36.6 Å². The second-order valence-electron chi connectivity index (χ2n) is 8.76. The van der Waals surface area contributed by atoms with Gasteiger partial charge in [0.15, 0.2) is 0 Å². The van der Waals surface area contributed by atoms with Crippen molar-refractivity contribution in [3.63, 3.8) is 0 Å². The molecule has 1 saturated heterocycles. The van der Waals surface area contributed by atoms with Gasteiger partial charge in [-0.15, -0.1) is 0 Å². The van der Waals surface area contributed by atoms with Gasteiger partial charge >= 0.3 is 0 Å². The fraction of sp³-hybridized carbons (Fsp3) is 0.167. The second-order valence-corrected chi connectivity index (χ2v) is 10.4. The maximum atomic E-state index is 13.5. The largest absolute Gasteiger partial charge is 0.494 e. The third-order valence-electron chi connectivity index (χ3n) is 6.29. The Morgan fingerprint density at radius 1 is 1.05 bits per heavy atom. The van der Waals surface area contributed by atoms with Crippen molar-refractivity contribution in [3.8, 4) is 22.7 Å². The standard InChI is InChI=1S/C30H27N3O2S2/c1-4-35-26-16-15-23(17-20(26)2)28-24(19-32(31-28)25-13-9-6-10-14-25)18-27-29(34)33(30(36)37-27)21(3)22-11-7-5-8-12-22/h5-19,21H,4H2,1-3H3/b27-18-/t21-/m0/s1. The van der Waals surface area contributed by atoms with Crippen LogP contribution in [-0.2, 0) is 4.79 Å². The van der Waals surface area contributed by atoms with E-state index in [0.717, 1.165) is 39.4 Å². The smallest absolute Gasteiger partial charge is 0.266 e. The molecule has 0 aliphatic carbocycles. The number of thioether (sulfide) groups is 1. The van der Waals surface area contributed by atoms with Gasteiger partial charge in [0.1, 0.15) is 15.8 Å². The summed E-state index contributed by atoms with van der Waals surface area (Å²) in [5.74, 6) is 0.763. The summed E-state index contributed by atoms with van der Waals surface area (Å²) in [5, 5.41) is 4.92. The fourth-order valence-electron chi connectivity index (χ4n) is 4.38. The number of thiocarbonyl (C=S) groups is 1. The summed E-state index contributed by atoms with van der Waals surface area (Å²) in [5.41, 5.74) is 5.60. The molecule has 1 amide bonds. The third kappa shape index (κ3) is 5.10. The van der Waals surface area contributed by atoms with E-state index in [-0.39, 0.29) is 11.9 Å². The minimum absolute atomic E-state index is 0.0901. The molecule has 5 rings (SSSR count). The number of hydrogen-bond acceptors (Lipinski definition) is 5. The lowest BCUT2D eigenvalue weighted by molar-refractivity contribution is -0.123. The summed E-state index contributed by atoms with van der Waals surface area (Å²) in [6.45, 7) is 6.61. The molecule has 3 aromatic carbocycles. The Bertz CT molecular complexity index is 1480. The average molecular weight is 526 g/mol. The molecule has 0 N–H and O–H groups in total. The van der Waals surface area contributed by atoms with E-state index in [1.54, 1.807) is 4.90 Å². The summed E-state index contributed by atoms with van der Waals surface area (Å²) >= 11 is 6.98. The molecular formula is C30H27N3O2S2. The SMILES string of the molecule is CCOc1ccc(-c2nn(-c3ccccc3)cc2/C=C2\SC(=S)N([C@@H](C)c3ccccc3)C2=O)cc1C. The maximum absolute atomic E-state index is 13.5. The lowest BCUT2D eigenvalue weighted by atomic mass is 10.0. The van der Waals surface area contributed by atoms with Crippen molar-refractivity contribution in [3.05, 3.63) is 107 Å². The molecule has 186 valence electrons. The van der Waals surface area contributed by atoms with Gasteiger partial charge in [0.25, 0.3) is 5.91 Å². The van der Waals surface area contributed by atoms with E-state index in [9.17, 15) is 4.79 Å². The molecule has 1 atom stereocenters. The minimum Gasteiger partial charge on any atom is -0.494 e. The number of nitrogens with zero attached hydrogens (tertiary/aromatic N) is 3. The van der Waals surface area contributed by atoms with Crippen LogP contribution in [0.5, 0.6) is 5.75 Å². The first-order valence-electron chi connectivity index (χ1n) is 12.2. The average Bonchev–Trinajstić information content (AvgIpc) is 3.46. The van der Waals surface area contributed by atoms with Gasteiger partial charge < -0.3 is 4.74 Å². The zero-order valence-electron chi connectivity index (χ0n) is 20.9. The molecule has 1 aromatic heterocycles. The summed E-state index contributed by atoms with van der Waals surface area (Å²) in [6, 6.07) is 25.8. The lowest BCUT2D eigenvalue weighted by Gasteiger charge is -2.23. The fourth-order valence-corrected chi connectivity index (χ4v) is 5.79. The first kappa shape index (κ1) is 25.0. The number of hydrogen-bond donors (Lipinski definition) is 0. The van der Waals surface area contributed by atoms with Gasteiger partial charge in [-0.3, -0.25) is 9.69 Å². The zero-order chi connectivity index (χ0) is 25.9. The van der Waals surface area contributed by atoms with Crippen molar-refractivity contribution in [1.82, 2.24) is 14.7 Å². The van der Waals surface area contributed by atoms with Gasteiger partial charge in [-0.2, -0.15) is 5.10 Å². The van der Waals surface area contributed by atoms with E-state index in [2.05, 4.69) is 6.07 Å². The summed E-state index contributed by atoms with van der Waals surface area (Å²) < 4.78 is 8.14. The Morgan fingerprint density at radius 2 is 1.76 bits per heavy atom. The Balaban J connectivity index is 1.55. The van der Waals surface area contributed by atoms with E-state index in [0.29, 0.717) is 15.8 Å². The number of para-hydroxylation sites is 1. The summed E-state index contributed by atoms with van der Waals surface area (Å²) in [6.07, 6.45) is 3.87. The Kier molecular flexibility index (Phi) is 7.26. The van der Waals surface area contributed by atoms with Crippen LogP contribution in [-0.4, -0.2) is 31.5 Å². The Hall–Kier alpha value is -3.68. The molecule has 5 nitrogen and oxygen atoms in total. The highest BCUT2D eigenvalue weighted by Crippen LogP contribution is 2.39. The molecule has 1 fully saturated rings. The number of carbonyl (C=O) groups excluding carboxylic acids is 1. The third-order valence-corrected chi connectivity index (χ3v) is 7.62. The molecule has 7 heteroatoms. The minimum atomic E-state index is -0.153. The first-order chi connectivity index (χ1) is 18.0. The maximum Gasteiger partial charge on any atom is 0.266 e. The number of rotatable bonds is 7. The van der Waals surface area contributed by atoms with E-state index >= 15 is 0 Å². The van der Waals surface area contributed by atoms with Crippen molar-refractivity contribution in [2.45, 2.75) is 26.8 Å². The molecule has 0 bridgehead atoms. The summed E-state index contributed by atoms with van der Waals surface area (Å²) in [4.78, 5) is 15.8. The van der Waals surface area contributed by atoms with Crippen molar-refractivity contribution in [2.75, 3.05) is 6.61 Å². The summed E-state index contributed by atoms with van der Waals surface area (Å²) in [7, 11) is 0. The number of ether oxygens (including phenoxy) is 1. The first-order valence-corrected chi connectivity index (χ1v) is 13.4. The van der Waals surface area contributed by atoms with Crippen LogP contribution in [0.25, 0.3) is 23.0 Å². The molecule has 0 saturated carbocycles. The Labute approximate surface area is 226 Å². The van der Waals surface area contributed by atoms with Crippen LogP contribution in [0.4, 0.5) is 0 Å². The molecule has 0 radical (unpaired) electrons. The quantitative estimate of drug-likeness (QED) is 0.188. The molecule has 2 heterocycles. The number of carbonyl (C=O) groups is 1. The molecule has 0 unspecified atom stereocenters. The predicted molar refractivity (Wildman–Crippen MR) is 155 cm³/mol. The van der Waals surface area contributed by atoms with E-state index < -0.39 is 0 Å². The van der Waals surface area contributed by atoms with E-state index in [1.807, 2.05) is 111 Å². The van der Waals surface area contributed by atoms with Crippen LogP contribution in [0.15, 0.2) is 90.0 Å². The topological polar surface area (TPSA) is 47.4 Å². The normalized spacial score (nSPS) is 15.4. The number of amides is 1. The van der Waals surface area contributed by atoms with Crippen LogP contribution < -0.4 is 4.74 Å². The van der Waals surface area contributed by atoms with E-state index in [1.165, 1.54) is 11.8 Å². The number of aromatic nitrogens is 2. The predicted octanol–water partition coefficient (Wildman–Crippen LogP) is 7.21. The van der Waals surface area contributed by atoms with Gasteiger partial charge in [0.2, 0.25) is 0 Å². The van der Waals surface area contributed by atoms with Crippen molar-refractivity contribution in [1.29, 1.82) is 0 Å². The molecule has 4 aromatic rings. The molecule has 0 spiro atoms. The highest BCUT2D eigenvalue weighted by molar-refractivity contribution is 8.26. The van der Waals surface area contributed by atoms with Crippen molar-refractivity contribution >= 4 is 40.3 Å². The molecule has 1 aliphatic heterocycles. The Morgan fingerprint density at radius 3 is 2.43 bits per heavy atom. The van der Waals surface area contributed by atoms with Crippen LogP contribution >= 0.6 is 24.0 Å². The van der Waals surface area contributed by atoms with Gasteiger partial charge in [-0.25, -0.2) is 4.68 Å². The van der Waals surface area contributed by atoms with Gasteiger partial charge in [-0.05, 0) is 68.3 Å². The van der Waals surface area contributed by atoms with Crippen LogP contribution in [0.3, 0.4) is 0 Å². The highest BCUT2D eigenvalue weighted by Gasteiger charge is 2.36. The monoisotopic (exact) mass is 525 g/mol. The van der Waals surface area contributed by atoms with Crippen molar-refractivity contribution < 1.29 is 9.53 Å². The second kappa shape index (κ2) is 10.7. The van der Waals surface area contributed by atoms with E-state index in [4.69, 9.17) is 22.1 Å². The van der Waals surface area contributed by atoms with Crippen LogP contribution in [0, 0.1) is 6.92 Å². The molecular weight excluding hydrogens is 498 g/mol. The van der Waals surface area contributed by atoms with Gasteiger partial charge in [0.05, 0.1) is 23.2 Å². The number of benzene rings is 3. The lowest BCUT2D eigenvalue weighted by Crippen LogP contribution is -2.30. The number of aryl methyl sites for hydroxylation is 1. The van der Waals surface area contributed by atoms with Crippen molar-refractivity contribution in [2.24, 2.45) is 0 Å². The highest BCUT2D eigenvalue weighted by atomic mass is 32.2. The van der Waals surface area contributed by atoms with Gasteiger partial charge in [-0.1, -0.05) is 72.5 Å². The van der Waals surface area contributed by atoms with Gasteiger partial charge in [0, 0.05) is 17.3 Å².